The number of carbonyl (C=O) groups is 1. The van der Waals surface area contributed by atoms with Crippen LogP contribution in [-0.4, -0.2) is 31.4 Å². The van der Waals surface area contributed by atoms with Crippen molar-refractivity contribution in [3.8, 4) is 17.6 Å². The van der Waals surface area contributed by atoms with E-state index in [1.807, 2.05) is 6.07 Å². The van der Waals surface area contributed by atoms with Crippen molar-refractivity contribution < 1.29 is 24.5 Å². The van der Waals surface area contributed by atoms with Crippen LogP contribution in [0.15, 0.2) is 36.4 Å². The summed E-state index contributed by atoms with van der Waals surface area (Å²) < 4.78 is 10.5. The number of benzene rings is 2. The fourth-order valence-electron chi connectivity index (χ4n) is 2.29. The predicted octanol–water partition coefficient (Wildman–Crippen LogP) is 1.49. The van der Waals surface area contributed by atoms with Crippen LogP contribution in [0.25, 0.3) is 0 Å². The van der Waals surface area contributed by atoms with Gasteiger partial charge in [0, 0.05) is 17.3 Å². The lowest BCUT2D eigenvalue weighted by Gasteiger charge is -2.25. The second-order valence-electron chi connectivity index (χ2n) is 5.19. The summed E-state index contributed by atoms with van der Waals surface area (Å²) >= 11 is 6.18. The molecule has 2 aromatic carbocycles. The van der Waals surface area contributed by atoms with Gasteiger partial charge in [0.1, 0.15) is 18.1 Å². The molecule has 7 nitrogen and oxygen atoms in total. The van der Waals surface area contributed by atoms with Crippen LogP contribution in [0.3, 0.4) is 0 Å². The first-order valence-electron chi connectivity index (χ1n) is 7.58. The van der Waals surface area contributed by atoms with Crippen molar-refractivity contribution in [2.75, 3.05) is 25.6 Å². The number of nitrogens with zero attached hydrogens (tertiary/aromatic N) is 1. The summed E-state index contributed by atoms with van der Waals surface area (Å²) in [7, 11) is 1.42. The Hall–Kier alpha value is -2.95. The molecule has 0 aliphatic heterocycles. The van der Waals surface area contributed by atoms with Gasteiger partial charge in [0.15, 0.2) is 0 Å². The molecule has 0 bridgehead atoms. The first-order chi connectivity index (χ1) is 12.5. The van der Waals surface area contributed by atoms with Gasteiger partial charge >= 0.3 is 0 Å². The average molecular weight is 376 g/mol. The smallest absolute Gasteiger partial charge is 0.143 e. The lowest BCUT2D eigenvalue weighted by atomic mass is 10.0. The summed E-state index contributed by atoms with van der Waals surface area (Å²) in [5.41, 5.74) is 1.09. The molecule has 1 unspecified atom stereocenters. The Morgan fingerprint density at radius 2 is 2.08 bits per heavy atom. The van der Waals surface area contributed by atoms with Crippen LogP contribution in [0.5, 0.6) is 11.5 Å². The van der Waals surface area contributed by atoms with E-state index in [1.54, 1.807) is 24.3 Å². The fraction of sp³-hybridized carbons (Fsp3) is 0.222. The number of nitrogens with one attached hydrogen (secondary N) is 1. The van der Waals surface area contributed by atoms with E-state index in [0.29, 0.717) is 17.0 Å². The van der Waals surface area contributed by atoms with Crippen molar-refractivity contribution >= 4 is 23.3 Å². The zero-order chi connectivity index (χ0) is 19.1. The Labute approximate surface area is 155 Å². The molecule has 8 heteroatoms. The third-order valence-electron chi connectivity index (χ3n) is 3.49. The number of aliphatic hydroxyl groups excluding tert-OH is 1. The highest BCUT2D eigenvalue weighted by Crippen LogP contribution is 2.38. The number of ether oxygens (including phenoxy) is 2. The van der Waals surface area contributed by atoms with Crippen molar-refractivity contribution in [1.82, 2.24) is 0 Å². The maximum Gasteiger partial charge on any atom is 0.143 e. The second kappa shape index (κ2) is 8.94. The number of aliphatic hydroxyl groups is 1. The first kappa shape index (κ1) is 19.4. The lowest BCUT2D eigenvalue weighted by Crippen LogP contribution is -2.34. The van der Waals surface area contributed by atoms with Crippen molar-refractivity contribution in [2.24, 2.45) is 0 Å². The van der Waals surface area contributed by atoms with Gasteiger partial charge in [-0.3, -0.25) is 0 Å². The quantitative estimate of drug-likeness (QED) is 0.718. The number of halogens is 1. The van der Waals surface area contributed by atoms with E-state index in [1.165, 1.54) is 19.2 Å². The van der Waals surface area contributed by atoms with Gasteiger partial charge in [-0.2, -0.15) is 5.26 Å². The van der Waals surface area contributed by atoms with Crippen molar-refractivity contribution in [3.05, 3.63) is 52.5 Å². The number of carbonyl (C=O) groups excluding carboxylic acids is 1. The molecule has 0 heterocycles. The highest BCUT2D eigenvalue weighted by atomic mass is 35.5. The van der Waals surface area contributed by atoms with E-state index >= 15 is 0 Å². The average Bonchev–Trinajstić information content (AvgIpc) is 2.65. The molecular formula is C18H16ClN2O5-. The van der Waals surface area contributed by atoms with Gasteiger partial charge in [-0.15, -0.1) is 0 Å². The normalized spacial score (nSPS) is 11.3. The molecule has 0 fully saturated rings. The highest BCUT2D eigenvalue weighted by molar-refractivity contribution is 6.32. The zero-order valence-electron chi connectivity index (χ0n) is 13.9. The molecule has 0 spiro atoms. The minimum Gasteiger partial charge on any atom is -0.548 e. The number of methoxy groups -OCH3 is 1. The van der Waals surface area contributed by atoms with Gasteiger partial charge < -0.3 is 29.8 Å². The van der Waals surface area contributed by atoms with Gasteiger partial charge in [-0.05, 0) is 30.3 Å². The van der Waals surface area contributed by atoms with Crippen LogP contribution in [0.2, 0.25) is 5.02 Å². The number of nitriles is 1. The maximum absolute atomic E-state index is 11.7. The fourth-order valence-corrected chi connectivity index (χ4v) is 2.56. The van der Waals surface area contributed by atoms with Gasteiger partial charge in [0.2, 0.25) is 0 Å². The van der Waals surface area contributed by atoms with Crippen LogP contribution in [0.1, 0.15) is 17.2 Å². The standard InChI is InChI=1S/C18H17ClN2O5/c1-25-13-8-14(17(15(19)9-13)26-7-6-22)16(18(23)24)21-12-4-2-11(10-20)3-5-12/h2-5,8-9,16,21-22H,6-7H2,1H3,(H,23,24)/p-1. The van der Waals surface area contributed by atoms with Gasteiger partial charge in [0.25, 0.3) is 0 Å². The predicted molar refractivity (Wildman–Crippen MR) is 93.1 cm³/mol. The van der Waals surface area contributed by atoms with E-state index < -0.39 is 12.0 Å². The molecule has 0 aliphatic rings. The molecule has 136 valence electrons. The number of hydrogen-bond donors (Lipinski definition) is 2. The third kappa shape index (κ3) is 4.57. The third-order valence-corrected chi connectivity index (χ3v) is 3.77. The molecule has 0 saturated heterocycles. The van der Waals surface area contributed by atoms with Gasteiger partial charge in [-0.1, -0.05) is 11.6 Å². The Morgan fingerprint density at radius 3 is 2.62 bits per heavy atom. The lowest BCUT2D eigenvalue weighted by molar-refractivity contribution is -0.307. The summed E-state index contributed by atoms with van der Waals surface area (Å²) in [6, 6.07) is 9.88. The van der Waals surface area contributed by atoms with Crippen LogP contribution in [0, 0.1) is 11.3 Å². The van der Waals surface area contributed by atoms with Crippen LogP contribution < -0.4 is 19.9 Å². The molecule has 0 radical (unpaired) electrons. The Kier molecular flexibility index (Phi) is 6.67. The molecule has 2 aromatic rings. The van der Waals surface area contributed by atoms with Crippen LogP contribution >= 0.6 is 11.6 Å². The summed E-state index contributed by atoms with van der Waals surface area (Å²) in [6.45, 7) is -0.323. The van der Waals surface area contributed by atoms with Gasteiger partial charge in [0.05, 0.1) is 42.4 Å². The van der Waals surface area contributed by atoms with Crippen LogP contribution in [0.4, 0.5) is 5.69 Å². The molecule has 0 aromatic heterocycles. The molecule has 26 heavy (non-hydrogen) atoms. The Balaban J connectivity index is 2.45. The van der Waals surface area contributed by atoms with Crippen molar-refractivity contribution in [2.45, 2.75) is 6.04 Å². The number of rotatable bonds is 8. The summed E-state index contributed by atoms with van der Waals surface area (Å²) in [5.74, 6) is -0.960. The van der Waals surface area contributed by atoms with Crippen LogP contribution in [-0.2, 0) is 4.79 Å². The van der Waals surface area contributed by atoms with E-state index in [2.05, 4.69) is 5.32 Å². The van der Waals surface area contributed by atoms with Gasteiger partial charge in [-0.25, -0.2) is 0 Å². The second-order valence-corrected chi connectivity index (χ2v) is 5.59. The summed E-state index contributed by atoms with van der Waals surface area (Å²) in [4.78, 5) is 11.7. The molecule has 0 aliphatic carbocycles. The van der Waals surface area contributed by atoms with E-state index in [9.17, 15) is 9.90 Å². The Morgan fingerprint density at radius 1 is 1.38 bits per heavy atom. The number of anilines is 1. The van der Waals surface area contributed by atoms with Crippen molar-refractivity contribution in [3.63, 3.8) is 0 Å². The molecular weight excluding hydrogens is 360 g/mol. The molecule has 2 rings (SSSR count). The summed E-state index contributed by atoms with van der Waals surface area (Å²) in [6.07, 6.45) is 0. The zero-order valence-corrected chi connectivity index (χ0v) is 14.6. The minimum absolute atomic E-state index is 0.0598. The molecule has 1 atom stereocenters. The van der Waals surface area contributed by atoms with E-state index in [-0.39, 0.29) is 29.5 Å². The maximum atomic E-state index is 11.7. The Bertz CT molecular complexity index is 818. The number of carboxylic acid groups (broad SMARTS) is 1. The summed E-state index contributed by atoms with van der Waals surface area (Å²) in [5, 5.41) is 32.5. The van der Waals surface area contributed by atoms with Crippen molar-refractivity contribution in [1.29, 1.82) is 5.26 Å². The number of carboxylic acids is 1. The molecule has 0 amide bonds. The molecule has 0 saturated carbocycles. The largest absolute Gasteiger partial charge is 0.548 e. The molecule has 2 N–H and O–H groups in total. The monoisotopic (exact) mass is 375 g/mol. The highest BCUT2D eigenvalue weighted by Gasteiger charge is 2.22. The van der Waals surface area contributed by atoms with E-state index in [0.717, 1.165) is 0 Å². The topological polar surface area (TPSA) is 115 Å². The minimum atomic E-state index is -1.41. The van der Waals surface area contributed by atoms with E-state index in [4.69, 9.17) is 31.4 Å². The number of hydrogen-bond acceptors (Lipinski definition) is 7. The SMILES string of the molecule is COc1cc(Cl)c(OCCO)c(C(Nc2ccc(C#N)cc2)C(=O)[O-])c1. The first-order valence-corrected chi connectivity index (χ1v) is 7.96. The number of aliphatic carboxylic acids is 1.